The number of amides is 2. The van der Waals surface area contributed by atoms with Crippen LogP contribution in [0.15, 0.2) is 53.0 Å². The maximum absolute atomic E-state index is 12.2. The molecule has 2 rings (SSSR count). The highest BCUT2D eigenvalue weighted by Crippen LogP contribution is 2.21. The van der Waals surface area contributed by atoms with Gasteiger partial charge in [0.25, 0.3) is 0 Å². The van der Waals surface area contributed by atoms with Crippen LogP contribution in [0.1, 0.15) is 12.5 Å². The van der Waals surface area contributed by atoms with E-state index in [2.05, 4.69) is 21.2 Å². The summed E-state index contributed by atoms with van der Waals surface area (Å²) in [5.74, 6) is -0.562. The molecule has 0 radical (unpaired) electrons. The molecule has 0 bridgehead atoms. The van der Waals surface area contributed by atoms with Crippen molar-refractivity contribution in [3.63, 3.8) is 0 Å². The smallest absolute Gasteiger partial charge is 0.244 e. The van der Waals surface area contributed by atoms with E-state index in [0.29, 0.717) is 16.9 Å². The van der Waals surface area contributed by atoms with Gasteiger partial charge in [0.2, 0.25) is 11.8 Å². The average Bonchev–Trinajstić information content (AvgIpc) is 2.55. The van der Waals surface area contributed by atoms with E-state index in [0.717, 1.165) is 4.47 Å². The monoisotopic (exact) mass is 371 g/mol. The maximum atomic E-state index is 12.2. The number of benzene rings is 2. The number of carbonyl (C=O) groups excluding carboxylic acids is 2. The average molecular weight is 372 g/mol. The third-order valence-corrected chi connectivity index (χ3v) is 3.83. The summed E-state index contributed by atoms with van der Waals surface area (Å²) < 4.78 is 0.765. The van der Waals surface area contributed by atoms with Gasteiger partial charge in [-0.3, -0.25) is 9.59 Å². The lowest BCUT2D eigenvalue weighted by molar-refractivity contribution is -0.120. The highest BCUT2D eigenvalue weighted by molar-refractivity contribution is 9.10. The molecular formula is C17H14BrN3O2. The van der Waals surface area contributed by atoms with Crippen molar-refractivity contribution in [1.82, 2.24) is 0 Å². The first-order chi connectivity index (χ1) is 11.0. The Labute approximate surface area is 142 Å². The summed E-state index contributed by atoms with van der Waals surface area (Å²) in [7, 11) is 0. The van der Waals surface area contributed by atoms with Crippen LogP contribution in [-0.4, -0.2) is 18.4 Å². The van der Waals surface area contributed by atoms with Gasteiger partial charge in [0.1, 0.15) is 6.54 Å². The summed E-state index contributed by atoms with van der Waals surface area (Å²) in [6.07, 6.45) is 0. The van der Waals surface area contributed by atoms with Gasteiger partial charge in [-0.25, -0.2) is 0 Å². The lowest BCUT2D eigenvalue weighted by atomic mass is 10.2. The van der Waals surface area contributed by atoms with Crippen molar-refractivity contribution in [3.05, 3.63) is 58.6 Å². The minimum atomic E-state index is -0.309. The second-order valence-corrected chi connectivity index (χ2v) is 5.65. The fourth-order valence-electron chi connectivity index (χ4n) is 2.00. The second kappa shape index (κ2) is 7.56. The second-order valence-electron chi connectivity index (χ2n) is 4.79. The third kappa shape index (κ3) is 4.41. The van der Waals surface area contributed by atoms with E-state index < -0.39 is 0 Å². The normalized spacial score (nSPS) is 9.78. The summed E-state index contributed by atoms with van der Waals surface area (Å²) >= 11 is 3.35. The largest absolute Gasteiger partial charge is 0.324 e. The molecule has 6 heteroatoms. The van der Waals surface area contributed by atoms with Crippen molar-refractivity contribution in [2.24, 2.45) is 0 Å². The van der Waals surface area contributed by atoms with Crippen molar-refractivity contribution in [1.29, 1.82) is 5.26 Å². The van der Waals surface area contributed by atoms with Crippen LogP contribution in [0.3, 0.4) is 0 Å². The zero-order chi connectivity index (χ0) is 16.8. The van der Waals surface area contributed by atoms with Gasteiger partial charge in [-0.15, -0.1) is 0 Å². The van der Waals surface area contributed by atoms with E-state index in [1.54, 1.807) is 30.3 Å². The molecule has 2 amide bonds. The number of nitriles is 1. The molecule has 0 aliphatic rings. The van der Waals surface area contributed by atoms with Gasteiger partial charge in [0.05, 0.1) is 17.3 Å². The Balaban J connectivity index is 2.13. The minimum absolute atomic E-state index is 0.109. The Hall–Kier alpha value is -2.65. The van der Waals surface area contributed by atoms with Crippen LogP contribution in [-0.2, 0) is 9.59 Å². The first-order valence-electron chi connectivity index (χ1n) is 6.84. The minimum Gasteiger partial charge on any atom is -0.324 e. The van der Waals surface area contributed by atoms with Crippen LogP contribution in [0.2, 0.25) is 0 Å². The van der Waals surface area contributed by atoms with Gasteiger partial charge in [-0.05, 0) is 52.3 Å². The number of halogens is 1. The van der Waals surface area contributed by atoms with Gasteiger partial charge < -0.3 is 10.2 Å². The molecule has 1 N–H and O–H groups in total. The fraction of sp³-hybridized carbons (Fsp3) is 0.118. The molecule has 0 spiro atoms. The van der Waals surface area contributed by atoms with Crippen molar-refractivity contribution in [3.8, 4) is 6.07 Å². The Morgan fingerprint density at radius 2 is 1.83 bits per heavy atom. The van der Waals surface area contributed by atoms with Gasteiger partial charge in [0, 0.05) is 17.1 Å². The lowest BCUT2D eigenvalue weighted by Gasteiger charge is -2.21. The lowest BCUT2D eigenvalue weighted by Crippen LogP contribution is -2.36. The molecule has 0 fully saturated rings. The molecule has 0 unspecified atom stereocenters. The van der Waals surface area contributed by atoms with Crippen LogP contribution < -0.4 is 10.2 Å². The summed E-state index contributed by atoms with van der Waals surface area (Å²) in [5.41, 5.74) is 1.70. The van der Waals surface area contributed by atoms with Crippen molar-refractivity contribution in [2.45, 2.75) is 6.92 Å². The Morgan fingerprint density at radius 3 is 2.39 bits per heavy atom. The molecule has 0 atom stereocenters. The highest BCUT2D eigenvalue weighted by atomic mass is 79.9. The highest BCUT2D eigenvalue weighted by Gasteiger charge is 2.16. The van der Waals surface area contributed by atoms with Crippen LogP contribution in [0.4, 0.5) is 11.4 Å². The molecule has 0 aliphatic heterocycles. The number of nitrogens with zero attached hydrogens (tertiary/aromatic N) is 2. The van der Waals surface area contributed by atoms with E-state index in [1.165, 1.54) is 11.8 Å². The molecule has 2 aromatic rings. The summed E-state index contributed by atoms with van der Waals surface area (Å²) in [6, 6.07) is 15.8. The molecule has 0 aliphatic carbocycles. The first-order valence-corrected chi connectivity index (χ1v) is 7.63. The van der Waals surface area contributed by atoms with E-state index >= 15 is 0 Å². The summed E-state index contributed by atoms with van der Waals surface area (Å²) in [4.78, 5) is 25.4. The third-order valence-electron chi connectivity index (χ3n) is 3.14. The quantitative estimate of drug-likeness (QED) is 0.895. The summed E-state index contributed by atoms with van der Waals surface area (Å²) in [6.45, 7) is 1.28. The Kier molecular flexibility index (Phi) is 5.50. The zero-order valence-corrected chi connectivity index (χ0v) is 14.0. The zero-order valence-electron chi connectivity index (χ0n) is 12.4. The molecule has 0 heterocycles. The molecule has 0 saturated carbocycles. The van der Waals surface area contributed by atoms with Gasteiger partial charge in [-0.2, -0.15) is 5.26 Å². The molecule has 116 valence electrons. The Bertz CT molecular complexity index is 766. The number of para-hydroxylation sites is 1. The number of rotatable bonds is 4. The first kappa shape index (κ1) is 16.7. The van der Waals surface area contributed by atoms with Crippen molar-refractivity contribution >= 4 is 39.1 Å². The number of nitrogens with one attached hydrogen (secondary N) is 1. The molecule has 2 aromatic carbocycles. The standard InChI is InChI=1S/C17H14BrN3O2/c1-12(22)21(14-8-6-13(10-19)7-9-14)11-17(23)20-16-5-3-2-4-15(16)18/h2-9H,11H2,1H3,(H,20,23). The molecule has 0 saturated heterocycles. The van der Waals surface area contributed by atoms with Crippen LogP contribution in [0.25, 0.3) is 0 Å². The SMILES string of the molecule is CC(=O)N(CC(=O)Nc1ccccc1Br)c1ccc(C#N)cc1. The predicted molar refractivity (Wildman–Crippen MR) is 92.0 cm³/mol. The van der Waals surface area contributed by atoms with E-state index in [-0.39, 0.29) is 18.4 Å². The van der Waals surface area contributed by atoms with Crippen LogP contribution >= 0.6 is 15.9 Å². The number of anilines is 2. The predicted octanol–water partition coefficient (Wildman–Crippen LogP) is 3.31. The Morgan fingerprint density at radius 1 is 1.17 bits per heavy atom. The number of hydrogen-bond acceptors (Lipinski definition) is 3. The fourth-order valence-corrected chi connectivity index (χ4v) is 2.38. The molecular weight excluding hydrogens is 358 g/mol. The van der Waals surface area contributed by atoms with Crippen LogP contribution in [0, 0.1) is 11.3 Å². The van der Waals surface area contributed by atoms with Gasteiger partial charge in [0.15, 0.2) is 0 Å². The number of hydrogen-bond donors (Lipinski definition) is 1. The van der Waals surface area contributed by atoms with E-state index in [1.807, 2.05) is 24.3 Å². The summed E-state index contributed by atoms with van der Waals surface area (Å²) in [5, 5.41) is 11.6. The molecule has 23 heavy (non-hydrogen) atoms. The number of carbonyl (C=O) groups is 2. The maximum Gasteiger partial charge on any atom is 0.244 e. The van der Waals surface area contributed by atoms with E-state index in [9.17, 15) is 9.59 Å². The van der Waals surface area contributed by atoms with Gasteiger partial charge in [-0.1, -0.05) is 12.1 Å². The van der Waals surface area contributed by atoms with E-state index in [4.69, 9.17) is 5.26 Å². The molecule has 0 aromatic heterocycles. The van der Waals surface area contributed by atoms with Crippen molar-refractivity contribution in [2.75, 3.05) is 16.8 Å². The van der Waals surface area contributed by atoms with Crippen LogP contribution in [0.5, 0.6) is 0 Å². The van der Waals surface area contributed by atoms with Gasteiger partial charge >= 0.3 is 0 Å². The molecule has 5 nitrogen and oxygen atoms in total. The van der Waals surface area contributed by atoms with Crippen molar-refractivity contribution < 1.29 is 9.59 Å². The topological polar surface area (TPSA) is 73.2 Å².